The zero-order valence-electron chi connectivity index (χ0n) is 14.0. The van der Waals surface area contributed by atoms with Crippen molar-refractivity contribution in [2.45, 2.75) is 44.6 Å². The molecular formula is C15H21N5O3S. The Kier molecular flexibility index (Phi) is 4.91. The number of H-pyrrole nitrogens is 1. The van der Waals surface area contributed by atoms with E-state index in [4.69, 9.17) is 4.74 Å². The number of carbonyl (C=O) groups excluding carboxylic acids is 1. The summed E-state index contributed by atoms with van der Waals surface area (Å²) in [6.07, 6.45) is 0.778. The highest BCUT2D eigenvalue weighted by molar-refractivity contribution is 7.99. The SMILES string of the molecule is CCc1cc(=O)[nH]c2nnc(SCC(=O)N3CC(C)OC(C)C3)n12. The Labute approximate surface area is 143 Å². The van der Waals surface area contributed by atoms with E-state index >= 15 is 0 Å². The number of hydrogen-bond acceptors (Lipinski definition) is 6. The first-order valence-corrected chi connectivity index (χ1v) is 8.99. The van der Waals surface area contributed by atoms with E-state index in [-0.39, 0.29) is 29.4 Å². The number of thioether (sulfide) groups is 1. The summed E-state index contributed by atoms with van der Waals surface area (Å²) in [5, 5.41) is 8.71. The molecule has 0 aliphatic carbocycles. The molecule has 130 valence electrons. The second kappa shape index (κ2) is 6.94. The van der Waals surface area contributed by atoms with Gasteiger partial charge in [-0.15, -0.1) is 10.2 Å². The number of aromatic nitrogens is 4. The summed E-state index contributed by atoms with van der Waals surface area (Å²) in [5.74, 6) is 0.742. The molecule has 1 aliphatic heterocycles. The Morgan fingerprint density at radius 3 is 2.75 bits per heavy atom. The van der Waals surface area contributed by atoms with E-state index in [2.05, 4.69) is 15.2 Å². The molecule has 2 unspecified atom stereocenters. The summed E-state index contributed by atoms with van der Waals surface area (Å²) in [7, 11) is 0. The second-order valence-electron chi connectivity index (χ2n) is 5.96. The van der Waals surface area contributed by atoms with Crippen LogP contribution in [0.4, 0.5) is 0 Å². The maximum atomic E-state index is 12.5. The van der Waals surface area contributed by atoms with E-state index in [1.54, 1.807) is 4.40 Å². The molecule has 24 heavy (non-hydrogen) atoms. The molecule has 9 heteroatoms. The summed E-state index contributed by atoms with van der Waals surface area (Å²) < 4.78 is 7.45. The number of hydrogen-bond donors (Lipinski definition) is 1. The average molecular weight is 351 g/mol. The lowest BCUT2D eigenvalue weighted by atomic mass is 10.2. The average Bonchev–Trinajstić information content (AvgIpc) is 2.93. The molecule has 3 rings (SSSR count). The summed E-state index contributed by atoms with van der Waals surface area (Å²) in [6.45, 7) is 7.12. The van der Waals surface area contributed by atoms with Crippen LogP contribution in [0.15, 0.2) is 16.0 Å². The van der Waals surface area contributed by atoms with Gasteiger partial charge in [0.15, 0.2) is 5.16 Å². The van der Waals surface area contributed by atoms with Crippen molar-refractivity contribution in [3.8, 4) is 0 Å². The van der Waals surface area contributed by atoms with Crippen molar-refractivity contribution in [2.75, 3.05) is 18.8 Å². The number of aromatic amines is 1. The topological polar surface area (TPSA) is 92.6 Å². The van der Waals surface area contributed by atoms with Crippen LogP contribution >= 0.6 is 11.8 Å². The Morgan fingerprint density at radius 2 is 2.08 bits per heavy atom. The zero-order valence-corrected chi connectivity index (χ0v) is 14.8. The Balaban J connectivity index is 1.74. The van der Waals surface area contributed by atoms with Gasteiger partial charge in [-0.1, -0.05) is 18.7 Å². The molecule has 1 amide bonds. The highest BCUT2D eigenvalue weighted by atomic mass is 32.2. The van der Waals surface area contributed by atoms with Crippen LogP contribution in [0.3, 0.4) is 0 Å². The van der Waals surface area contributed by atoms with Crippen LogP contribution in [0.5, 0.6) is 0 Å². The molecule has 2 atom stereocenters. The van der Waals surface area contributed by atoms with Crippen LogP contribution in [0, 0.1) is 0 Å². The van der Waals surface area contributed by atoms with Gasteiger partial charge in [-0.05, 0) is 20.3 Å². The van der Waals surface area contributed by atoms with Gasteiger partial charge in [0, 0.05) is 24.8 Å². The molecular weight excluding hydrogens is 330 g/mol. The van der Waals surface area contributed by atoms with Crippen molar-refractivity contribution >= 4 is 23.4 Å². The van der Waals surface area contributed by atoms with Gasteiger partial charge in [0.2, 0.25) is 11.7 Å². The predicted octanol–water partition coefficient (Wildman–Crippen LogP) is 0.708. The molecule has 2 aromatic rings. The van der Waals surface area contributed by atoms with Crippen LogP contribution in [-0.2, 0) is 16.0 Å². The number of fused-ring (bicyclic) bond motifs is 1. The maximum absolute atomic E-state index is 12.5. The number of nitrogens with zero attached hydrogens (tertiary/aromatic N) is 4. The van der Waals surface area contributed by atoms with Crippen molar-refractivity contribution in [3.05, 3.63) is 22.1 Å². The quantitative estimate of drug-likeness (QED) is 0.816. The summed E-state index contributed by atoms with van der Waals surface area (Å²) in [5.41, 5.74) is 0.623. The smallest absolute Gasteiger partial charge is 0.252 e. The maximum Gasteiger partial charge on any atom is 0.252 e. The molecule has 0 bridgehead atoms. The lowest BCUT2D eigenvalue weighted by Crippen LogP contribution is -2.48. The van der Waals surface area contributed by atoms with Gasteiger partial charge in [0.05, 0.1) is 18.0 Å². The van der Waals surface area contributed by atoms with Gasteiger partial charge in [-0.3, -0.25) is 19.0 Å². The molecule has 0 radical (unpaired) electrons. The van der Waals surface area contributed by atoms with E-state index in [1.165, 1.54) is 17.8 Å². The van der Waals surface area contributed by atoms with Gasteiger partial charge in [-0.2, -0.15) is 0 Å². The molecule has 1 N–H and O–H groups in total. The minimum absolute atomic E-state index is 0.0494. The third-order valence-corrected chi connectivity index (χ3v) is 4.83. The first-order valence-electron chi connectivity index (χ1n) is 8.01. The first kappa shape index (κ1) is 17.0. The van der Waals surface area contributed by atoms with E-state index in [0.29, 0.717) is 30.4 Å². The minimum atomic E-state index is -0.198. The first-order chi connectivity index (χ1) is 11.5. The Morgan fingerprint density at radius 1 is 1.38 bits per heavy atom. The number of aryl methyl sites for hydroxylation is 1. The lowest BCUT2D eigenvalue weighted by Gasteiger charge is -2.35. The van der Waals surface area contributed by atoms with Crippen LogP contribution in [0.2, 0.25) is 0 Å². The summed E-state index contributed by atoms with van der Waals surface area (Å²) in [4.78, 5) is 28.5. The van der Waals surface area contributed by atoms with Crippen molar-refractivity contribution in [1.29, 1.82) is 0 Å². The number of carbonyl (C=O) groups is 1. The second-order valence-corrected chi connectivity index (χ2v) is 6.91. The molecule has 1 fully saturated rings. The van der Waals surface area contributed by atoms with Crippen molar-refractivity contribution in [1.82, 2.24) is 24.5 Å². The third kappa shape index (κ3) is 3.46. The van der Waals surface area contributed by atoms with Crippen molar-refractivity contribution < 1.29 is 9.53 Å². The number of morpholine rings is 1. The molecule has 1 aliphatic rings. The number of nitrogens with one attached hydrogen (secondary N) is 1. The van der Waals surface area contributed by atoms with Crippen molar-refractivity contribution in [3.63, 3.8) is 0 Å². The molecule has 1 saturated heterocycles. The number of amides is 1. The molecule has 0 aromatic carbocycles. The van der Waals surface area contributed by atoms with Crippen LogP contribution < -0.4 is 5.56 Å². The van der Waals surface area contributed by atoms with Gasteiger partial charge in [0.25, 0.3) is 5.56 Å². The van der Waals surface area contributed by atoms with E-state index in [0.717, 1.165) is 5.69 Å². The molecule has 2 aromatic heterocycles. The highest BCUT2D eigenvalue weighted by Gasteiger charge is 2.26. The van der Waals surface area contributed by atoms with Crippen LogP contribution in [0.1, 0.15) is 26.5 Å². The van der Waals surface area contributed by atoms with E-state index in [1.807, 2.05) is 25.7 Å². The number of rotatable bonds is 4. The van der Waals surface area contributed by atoms with Gasteiger partial charge >= 0.3 is 0 Å². The monoisotopic (exact) mass is 351 g/mol. The molecule has 3 heterocycles. The fourth-order valence-corrected chi connectivity index (χ4v) is 3.79. The highest BCUT2D eigenvalue weighted by Crippen LogP contribution is 2.19. The van der Waals surface area contributed by atoms with Crippen LogP contribution in [-0.4, -0.2) is 61.4 Å². The van der Waals surface area contributed by atoms with Gasteiger partial charge in [-0.25, -0.2) is 0 Å². The Hall–Kier alpha value is -1.87. The fourth-order valence-electron chi connectivity index (χ4n) is 2.92. The minimum Gasteiger partial charge on any atom is -0.372 e. The summed E-state index contributed by atoms with van der Waals surface area (Å²) in [6, 6.07) is 1.54. The van der Waals surface area contributed by atoms with Gasteiger partial charge < -0.3 is 9.64 Å². The molecule has 0 saturated carbocycles. The van der Waals surface area contributed by atoms with Gasteiger partial charge in [0.1, 0.15) is 0 Å². The predicted molar refractivity (Wildman–Crippen MR) is 90.3 cm³/mol. The Bertz CT molecular complexity index is 792. The molecule has 0 spiro atoms. The third-order valence-electron chi connectivity index (χ3n) is 3.91. The lowest BCUT2D eigenvalue weighted by molar-refractivity contribution is -0.140. The summed E-state index contributed by atoms with van der Waals surface area (Å²) >= 11 is 1.33. The largest absolute Gasteiger partial charge is 0.372 e. The van der Waals surface area contributed by atoms with E-state index < -0.39 is 0 Å². The normalized spacial score (nSPS) is 21.4. The van der Waals surface area contributed by atoms with Crippen molar-refractivity contribution in [2.24, 2.45) is 0 Å². The fraction of sp³-hybridized carbons (Fsp3) is 0.600. The van der Waals surface area contributed by atoms with Crippen LogP contribution in [0.25, 0.3) is 5.78 Å². The number of ether oxygens (including phenoxy) is 1. The standard InChI is InChI=1S/C15H21N5O3S/c1-4-11-5-12(21)16-14-17-18-15(20(11)14)24-8-13(22)19-6-9(2)23-10(3)7-19/h5,9-10H,4,6-8H2,1-3H3,(H,16,17,21). The van der Waals surface area contributed by atoms with E-state index in [9.17, 15) is 9.59 Å². The zero-order chi connectivity index (χ0) is 17.3. The molecule has 8 nitrogen and oxygen atoms in total.